The lowest BCUT2D eigenvalue weighted by molar-refractivity contribution is -0.121. The molecule has 0 saturated heterocycles. The van der Waals surface area contributed by atoms with Gasteiger partial charge in [0.1, 0.15) is 30.3 Å². The van der Waals surface area contributed by atoms with Crippen LogP contribution in [0.3, 0.4) is 0 Å². The van der Waals surface area contributed by atoms with Gasteiger partial charge in [-0.3, -0.25) is 14.7 Å². The molecule has 246 valence electrons. The number of amides is 2. The number of aromatic nitrogens is 3. The van der Waals surface area contributed by atoms with Crippen LogP contribution in [-0.2, 0) is 34.9 Å². The zero-order valence-corrected chi connectivity index (χ0v) is 26.5. The molecule has 0 unspecified atom stereocenters. The van der Waals surface area contributed by atoms with E-state index in [2.05, 4.69) is 32.3 Å². The molecular formula is C33H41N5O8. The molecule has 13 heteroatoms. The fraction of sp³-hybridized carbons (Fsp3) is 0.455. The van der Waals surface area contributed by atoms with E-state index in [0.717, 1.165) is 5.56 Å². The smallest absolute Gasteiger partial charge is 0.291 e. The lowest BCUT2D eigenvalue weighted by atomic mass is 10.1. The molecule has 0 saturated carbocycles. The van der Waals surface area contributed by atoms with Crippen molar-refractivity contribution in [3.63, 3.8) is 0 Å². The second-order valence-electron chi connectivity index (χ2n) is 10.3. The van der Waals surface area contributed by atoms with E-state index in [1.165, 1.54) is 4.90 Å². The van der Waals surface area contributed by atoms with Crippen molar-refractivity contribution < 1.29 is 38.0 Å². The van der Waals surface area contributed by atoms with Crippen molar-refractivity contribution in [1.82, 2.24) is 20.5 Å². The Morgan fingerprint density at radius 1 is 0.978 bits per heavy atom. The predicted molar refractivity (Wildman–Crippen MR) is 169 cm³/mol. The third-order valence-corrected chi connectivity index (χ3v) is 6.89. The summed E-state index contributed by atoms with van der Waals surface area (Å²) < 4.78 is 32.7. The van der Waals surface area contributed by atoms with Gasteiger partial charge in [-0.05, 0) is 30.7 Å². The Kier molecular flexibility index (Phi) is 14.0. The van der Waals surface area contributed by atoms with Crippen molar-refractivity contribution in [1.29, 1.82) is 0 Å². The van der Waals surface area contributed by atoms with Crippen LogP contribution in [0.25, 0.3) is 0 Å². The average Bonchev–Trinajstić information content (AvgIpc) is 3.51. The molecule has 0 fully saturated rings. The molecule has 13 nitrogen and oxygen atoms in total. The van der Waals surface area contributed by atoms with Gasteiger partial charge in [0.2, 0.25) is 5.82 Å². The van der Waals surface area contributed by atoms with E-state index in [1.54, 1.807) is 33.2 Å². The van der Waals surface area contributed by atoms with Crippen molar-refractivity contribution in [3.05, 3.63) is 71.3 Å². The predicted octanol–water partition coefficient (Wildman–Crippen LogP) is 2.00. The van der Waals surface area contributed by atoms with Gasteiger partial charge in [-0.25, -0.2) is 4.98 Å². The highest BCUT2D eigenvalue weighted by Crippen LogP contribution is 2.33. The van der Waals surface area contributed by atoms with Crippen LogP contribution in [0.15, 0.2) is 48.5 Å². The lowest BCUT2D eigenvalue weighted by Crippen LogP contribution is -2.53. The minimum absolute atomic E-state index is 0.0497. The SMILES string of the molecule is COCCOCCOCCOCCOCC#Cc1ccc2c(c1)N(C)C(=O)[C@@H](NC(=O)c1n[nH]c(Cc3ccccc3)n1)[C@@H](C)O2. The van der Waals surface area contributed by atoms with E-state index in [1.807, 2.05) is 36.4 Å². The van der Waals surface area contributed by atoms with Gasteiger partial charge in [0.05, 0.1) is 58.5 Å². The molecule has 1 aromatic heterocycles. The van der Waals surface area contributed by atoms with Crippen LogP contribution in [0.1, 0.15) is 34.5 Å². The average molecular weight is 636 g/mol. The van der Waals surface area contributed by atoms with Crippen LogP contribution < -0.4 is 15.0 Å². The van der Waals surface area contributed by atoms with Gasteiger partial charge in [-0.15, -0.1) is 5.10 Å². The summed E-state index contributed by atoms with van der Waals surface area (Å²) in [7, 11) is 3.27. The summed E-state index contributed by atoms with van der Waals surface area (Å²) in [6.45, 7) is 5.88. The van der Waals surface area contributed by atoms with Crippen LogP contribution in [0, 0.1) is 11.8 Å². The number of hydrogen-bond donors (Lipinski definition) is 2. The maximum absolute atomic E-state index is 13.4. The fourth-order valence-electron chi connectivity index (χ4n) is 4.47. The highest BCUT2D eigenvalue weighted by atomic mass is 16.6. The Labute approximate surface area is 268 Å². The summed E-state index contributed by atoms with van der Waals surface area (Å²) in [5.41, 5.74) is 2.26. The Balaban J connectivity index is 1.20. The van der Waals surface area contributed by atoms with Gasteiger partial charge < -0.3 is 38.6 Å². The summed E-state index contributed by atoms with van der Waals surface area (Å²) in [6.07, 6.45) is -0.155. The van der Waals surface area contributed by atoms with Gasteiger partial charge >= 0.3 is 0 Å². The molecule has 0 radical (unpaired) electrons. The molecule has 0 aliphatic carbocycles. The van der Waals surface area contributed by atoms with E-state index in [9.17, 15) is 9.59 Å². The number of methoxy groups -OCH3 is 1. The molecular weight excluding hydrogens is 594 g/mol. The minimum atomic E-state index is -0.960. The van der Waals surface area contributed by atoms with E-state index in [-0.39, 0.29) is 18.3 Å². The first kappa shape index (κ1) is 34.6. The van der Waals surface area contributed by atoms with Gasteiger partial charge in [0.25, 0.3) is 11.8 Å². The first-order valence-corrected chi connectivity index (χ1v) is 15.1. The van der Waals surface area contributed by atoms with Crippen LogP contribution >= 0.6 is 0 Å². The number of H-pyrrole nitrogens is 1. The Morgan fingerprint density at radius 3 is 2.35 bits per heavy atom. The Morgan fingerprint density at radius 2 is 1.65 bits per heavy atom. The van der Waals surface area contributed by atoms with Crippen LogP contribution in [-0.4, -0.2) is 113 Å². The summed E-state index contributed by atoms with van der Waals surface area (Å²) in [6, 6.07) is 14.1. The number of nitrogens with one attached hydrogen (secondary N) is 2. The molecule has 4 rings (SSSR count). The van der Waals surface area contributed by atoms with E-state index >= 15 is 0 Å². The lowest BCUT2D eigenvalue weighted by Gasteiger charge is -2.23. The van der Waals surface area contributed by atoms with E-state index in [4.69, 9.17) is 28.4 Å². The van der Waals surface area contributed by atoms with Crippen LogP contribution in [0.5, 0.6) is 5.75 Å². The van der Waals surface area contributed by atoms with E-state index < -0.39 is 18.1 Å². The van der Waals surface area contributed by atoms with Crippen LogP contribution in [0.2, 0.25) is 0 Å². The first-order chi connectivity index (χ1) is 22.5. The number of nitrogens with zero attached hydrogens (tertiary/aromatic N) is 3. The Bertz CT molecular complexity index is 1450. The van der Waals surface area contributed by atoms with Gasteiger partial charge in [-0.1, -0.05) is 42.2 Å². The second-order valence-corrected chi connectivity index (χ2v) is 10.3. The standard InChI is InChI=1S/C33H41N5O8/c1-24-30(35-32(39)31-34-29(36-37-31)23-25-8-5-4-6-9-25)33(40)38(2)27-22-26(11-12-28(27)46-24)10-7-13-42-16-17-44-20-21-45-19-18-43-15-14-41-3/h4-6,8-9,11-12,22,24,30H,13-21,23H2,1-3H3,(H,35,39)(H,34,36,37)/t24-,30+/m1/s1. The normalized spacial score (nSPS) is 15.8. The van der Waals surface area contributed by atoms with E-state index in [0.29, 0.717) is 82.1 Å². The largest absolute Gasteiger partial charge is 0.486 e. The number of carbonyl (C=O) groups excluding carboxylic acids is 2. The van der Waals surface area contributed by atoms with Gasteiger partial charge in [-0.2, -0.15) is 0 Å². The number of benzene rings is 2. The number of anilines is 1. The number of rotatable bonds is 17. The minimum Gasteiger partial charge on any atom is -0.486 e. The molecule has 0 bridgehead atoms. The number of likely N-dealkylation sites (N-methyl/N-ethyl adjacent to an activating group) is 1. The molecule has 1 aliphatic heterocycles. The summed E-state index contributed by atoms with van der Waals surface area (Å²) in [5.74, 6) is 6.11. The summed E-state index contributed by atoms with van der Waals surface area (Å²) >= 11 is 0. The highest BCUT2D eigenvalue weighted by Gasteiger charge is 2.36. The number of fused-ring (bicyclic) bond motifs is 1. The highest BCUT2D eigenvalue weighted by molar-refractivity contribution is 6.02. The summed E-state index contributed by atoms with van der Waals surface area (Å²) in [4.78, 5) is 32.2. The molecule has 0 spiro atoms. The topological polar surface area (TPSA) is 146 Å². The molecule has 3 aromatic rings. The molecule has 2 amide bonds. The third-order valence-electron chi connectivity index (χ3n) is 6.89. The number of hydrogen-bond acceptors (Lipinski definition) is 10. The van der Waals surface area contributed by atoms with Gasteiger partial charge in [0.15, 0.2) is 0 Å². The quantitative estimate of drug-likeness (QED) is 0.167. The molecule has 2 heterocycles. The molecule has 46 heavy (non-hydrogen) atoms. The summed E-state index contributed by atoms with van der Waals surface area (Å²) in [5, 5.41) is 9.58. The zero-order valence-electron chi connectivity index (χ0n) is 26.5. The second kappa shape index (κ2) is 18.6. The van der Waals surface area contributed by atoms with Crippen molar-refractivity contribution in [2.45, 2.75) is 25.5 Å². The van der Waals surface area contributed by atoms with Crippen molar-refractivity contribution >= 4 is 17.5 Å². The molecule has 1 aliphatic rings. The fourth-order valence-corrected chi connectivity index (χ4v) is 4.47. The maximum atomic E-state index is 13.4. The zero-order chi connectivity index (χ0) is 32.6. The monoisotopic (exact) mass is 635 g/mol. The molecule has 2 N–H and O–H groups in total. The number of ether oxygens (including phenoxy) is 6. The van der Waals surface area contributed by atoms with Gasteiger partial charge in [0, 0.05) is 26.1 Å². The first-order valence-electron chi connectivity index (χ1n) is 15.1. The molecule has 2 aromatic carbocycles. The van der Waals surface area contributed by atoms with Crippen molar-refractivity contribution in [2.75, 3.05) is 78.5 Å². The van der Waals surface area contributed by atoms with Crippen LogP contribution in [0.4, 0.5) is 5.69 Å². The van der Waals surface area contributed by atoms with Crippen molar-refractivity contribution in [3.8, 4) is 17.6 Å². The maximum Gasteiger partial charge on any atom is 0.291 e. The van der Waals surface area contributed by atoms with Crippen molar-refractivity contribution in [2.24, 2.45) is 0 Å². The Hall–Kier alpha value is -4.32. The number of aromatic amines is 1. The number of carbonyl (C=O) groups is 2. The third kappa shape index (κ3) is 10.6. The molecule has 2 atom stereocenters.